The van der Waals surface area contributed by atoms with Crippen LogP contribution >= 0.6 is 0 Å². The molecule has 0 aliphatic rings. The maximum atomic E-state index is 11.5. The van der Waals surface area contributed by atoms with Gasteiger partial charge in [-0.3, -0.25) is 4.79 Å². The average Bonchev–Trinajstić information content (AvgIpc) is 2.26. The number of nitrogens with one attached hydrogen (secondary N) is 1. The molecule has 0 bridgehead atoms. The predicted molar refractivity (Wildman–Crippen MR) is 61.6 cm³/mol. The third-order valence-electron chi connectivity index (χ3n) is 2.73. The van der Waals surface area contributed by atoms with E-state index in [0.717, 1.165) is 19.3 Å². The summed E-state index contributed by atoms with van der Waals surface area (Å²) in [6.45, 7) is 7.31. The van der Waals surface area contributed by atoms with Crippen molar-refractivity contribution in [1.82, 2.24) is 5.32 Å². The Morgan fingerprint density at radius 1 is 1.33 bits per heavy atom. The normalized spacial score (nSPS) is 11.5. The zero-order valence-electron chi connectivity index (χ0n) is 10.1. The van der Waals surface area contributed by atoms with Gasteiger partial charge in [0.05, 0.1) is 5.54 Å². The number of amides is 1. The molecule has 0 saturated carbocycles. The summed E-state index contributed by atoms with van der Waals surface area (Å²) in [5.74, 6) is -0.0717. The van der Waals surface area contributed by atoms with Gasteiger partial charge >= 0.3 is 0 Å². The number of hydrogen-bond donors (Lipinski definition) is 2. The van der Waals surface area contributed by atoms with E-state index in [1.54, 1.807) is 0 Å². The Morgan fingerprint density at radius 2 is 1.93 bits per heavy atom. The fourth-order valence-corrected chi connectivity index (χ4v) is 1.41. The van der Waals surface area contributed by atoms with Crippen LogP contribution < -0.4 is 11.1 Å². The number of carbonyl (C=O) groups excluding carboxylic acids is 1. The molecule has 0 radical (unpaired) electrons. The monoisotopic (exact) mass is 216 g/mol. The van der Waals surface area contributed by atoms with E-state index >= 15 is 0 Å². The third-order valence-corrected chi connectivity index (χ3v) is 2.73. The smallest absolute Gasteiger partial charge is 0.246 e. The van der Waals surface area contributed by atoms with Crippen LogP contribution in [0.4, 0.5) is 0 Å². The van der Waals surface area contributed by atoms with Gasteiger partial charge in [-0.05, 0) is 19.3 Å². The first-order valence-corrected chi connectivity index (χ1v) is 5.73. The molecule has 0 rings (SSSR count). The lowest BCUT2D eigenvalue weighted by molar-refractivity contribution is -0.127. The summed E-state index contributed by atoms with van der Waals surface area (Å²) in [6.07, 6.45) is 2.62. The van der Waals surface area contributed by atoms with Gasteiger partial charge in [-0.25, -0.2) is 0 Å². The van der Waals surface area contributed by atoms with Crippen LogP contribution in [0.3, 0.4) is 0 Å². The Morgan fingerprint density at radius 3 is 2.33 bits per heavy atom. The topological polar surface area (TPSA) is 64.3 Å². The van der Waals surface area contributed by atoms with Crippen molar-refractivity contribution in [3.8, 4) is 0 Å². The molecule has 0 aliphatic heterocycles. The molecule has 0 unspecified atom stereocenters. The standard InChI is InChI=1S/C11H24N2O2/c1-4-7-15-8-10(14)13-11(5-2,6-3)9-12/h4-9,12H2,1-3H3,(H,13,14). The highest BCUT2D eigenvalue weighted by atomic mass is 16.5. The van der Waals surface area contributed by atoms with Gasteiger partial charge in [0.25, 0.3) is 0 Å². The van der Waals surface area contributed by atoms with Crippen LogP contribution in [0.15, 0.2) is 0 Å². The van der Waals surface area contributed by atoms with E-state index < -0.39 is 0 Å². The summed E-state index contributed by atoms with van der Waals surface area (Å²) in [5.41, 5.74) is 5.42. The molecule has 4 heteroatoms. The van der Waals surface area contributed by atoms with E-state index in [9.17, 15) is 4.79 Å². The predicted octanol–water partition coefficient (Wildman–Crippen LogP) is 1.05. The zero-order chi connectivity index (χ0) is 11.7. The molecule has 0 aromatic rings. The largest absolute Gasteiger partial charge is 0.372 e. The number of carbonyl (C=O) groups is 1. The first-order chi connectivity index (χ1) is 7.14. The quantitative estimate of drug-likeness (QED) is 0.596. The Balaban J connectivity index is 4.00. The Labute approximate surface area is 92.6 Å². The first-order valence-electron chi connectivity index (χ1n) is 5.73. The van der Waals surface area contributed by atoms with E-state index in [1.807, 2.05) is 20.8 Å². The van der Waals surface area contributed by atoms with Crippen molar-refractivity contribution >= 4 is 5.91 Å². The molecule has 15 heavy (non-hydrogen) atoms. The lowest BCUT2D eigenvalue weighted by Crippen LogP contribution is -2.53. The summed E-state index contributed by atoms with van der Waals surface area (Å²) in [4.78, 5) is 11.5. The minimum Gasteiger partial charge on any atom is -0.372 e. The van der Waals surface area contributed by atoms with Crippen LogP contribution in [0.2, 0.25) is 0 Å². The molecule has 4 nitrogen and oxygen atoms in total. The minimum atomic E-state index is -0.257. The molecular formula is C11H24N2O2. The van der Waals surface area contributed by atoms with Crippen molar-refractivity contribution in [2.45, 2.75) is 45.6 Å². The minimum absolute atomic E-state index is 0.0717. The maximum absolute atomic E-state index is 11.5. The van der Waals surface area contributed by atoms with Crippen LogP contribution in [0.1, 0.15) is 40.0 Å². The van der Waals surface area contributed by atoms with Gasteiger partial charge in [0, 0.05) is 13.2 Å². The van der Waals surface area contributed by atoms with E-state index in [0.29, 0.717) is 13.2 Å². The molecule has 0 aliphatic carbocycles. The van der Waals surface area contributed by atoms with Gasteiger partial charge < -0.3 is 15.8 Å². The van der Waals surface area contributed by atoms with Crippen molar-refractivity contribution in [3.05, 3.63) is 0 Å². The lowest BCUT2D eigenvalue weighted by atomic mass is 9.93. The molecular weight excluding hydrogens is 192 g/mol. The second-order valence-corrected chi connectivity index (χ2v) is 3.79. The summed E-state index contributed by atoms with van der Waals surface area (Å²) in [7, 11) is 0. The zero-order valence-corrected chi connectivity index (χ0v) is 10.1. The maximum Gasteiger partial charge on any atom is 0.246 e. The second kappa shape index (κ2) is 7.65. The SMILES string of the molecule is CCCOCC(=O)NC(CC)(CC)CN. The highest BCUT2D eigenvalue weighted by Crippen LogP contribution is 2.12. The van der Waals surface area contributed by atoms with Gasteiger partial charge in [-0.15, -0.1) is 0 Å². The van der Waals surface area contributed by atoms with E-state index in [4.69, 9.17) is 10.5 Å². The van der Waals surface area contributed by atoms with Gasteiger partial charge in [0.15, 0.2) is 0 Å². The Kier molecular flexibility index (Phi) is 7.34. The Hall–Kier alpha value is -0.610. The molecule has 0 heterocycles. The Bertz CT molecular complexity index is 171. The van der Waals surface area contributed by atoms with Crippen molar-refractivity contribution in [1.29, 1.82) is 0 Å². The average molecular weight is 216 g/mol. The van der Waals surface area contributed by atoms with Crippen molar-refractivity contribution in [2.75, 3.05) is 19.8 Å². The molecule has 0 aromatic heterocycles. The molecule has 0 fully saturated rings. The molecule has 0 spiro atoms. The molecule has 0 saturated heterocycles. The fraction of sp³-hybridized carbons (Fsp3) is 0.909. The van der Waals surface area contributed by atoms with Crippen molar-refractivity contribution in [3.63, 3.8) is 0 Å². The summed E-state index contributed by atoms with van der Waals surface area (Å²) in [6, 6.07) is 0. The molecule has 3 N–H and O–H groups in total. The number of hydrogen-bond acceptors (Lipinski definition) is 3. The van der Waals surface area contributed by atoms with Gasteiger partial charge in [0.2, 0.25) is 5.91 Å². The number of ether oxygens (including phenoxy) is 1. The van der Waals surface area contributed by atoms with Crippen LogP contribution in [0.5, 0.6) is 0 Å². The molecule has 90 valence electrons. The van der Waals surface area contributed by atoms with E-state index in [1.165, 1.54) is 0 Å². The summed E-state index contributed by atoms with van der Waals surface area (Å²) >= 11 is 0. The van der Waals surface area contributed by atoms with E-state index in [2.05, 4.69) is 5.32 Å². The van der Waals surface area contributed by atoms with Gasteiger partial charge in [-0.2, -0.15) is 0 Å². The van der Waals surface area contributed by atoms with Crippen LogP contribution in [-0.4, -0.2) is 31.2 Å². The van der Waals surface area contributed by atoms with E-state index in [-0.39, 0.29) is 18.1 Å². The second-order valence-electron chi connectivity index (χ2n) is 3.79. The van der Waals surface area contributed by atoms with Crippen LogP contribution in [-0.2, 0) is 9.53 Å². The molecule has 0 aromatic carbocycles. The highest BCUT2D eigenvalue weighted by Gasteiger charge is 2.25. The number of rotatable bonds is 8. The van der Waals surface area contributed by atoms with Crippen molar-refractivity contribution < 1.29 is 9.53 Å². The summed E-state index contributed by atoms with van der Waals surface area (Å²) < 4.78 is 5.17. The first kappa shape index (κ1) is 14.4. The fourth-order valence-electron chi connectivity index (χ4n) is 1.41. The molecule has 0 atom stereocenters. The van der Waals surface area contributed by atoms with Crippen LogP contribution in [0, 0.1) is 0 Å². The van der Waals surface area contributed by atoms with Crippen molar-refractivity contribution in [2.24, 2.45) is 5.73 Å². The van der Waals surface area contributed by atoms with Crippen LogP contribution in [0.25, 0.3) is 0 Å². The third kappa shape index (κ3) is 5.14. The van der Waals surface area contributed by atoms with Gasteiger partial charge in [0.1, 0.15) is 6.61 Å². The number of nitrogens with two attached hydrogens (primary N) is 1. The molecule has 1 amide bonds. The highest BCUT2D eigenvalue weighted by molar-refractivity contribution is 5.78. The van der Waals surface area contributed by atoms with Gasteiger partial charge in [-0.1, -0.05) is 20.8 Å². The summed E-state index contributed by atoms with van der Waals surface area (Å²) in [5, 5.41) is 2.95. The lowest BCUT2D eigenvalue weighted by Gasteiger charge is -2.31.